The third-order valence-corrected chi connectivity index (χ3v) is 5.11. The molecule has 1 aromatic carbocycles. The minimum absolute atomic E-state index is 0.0518. The number of terminal acetylenes is 1. The summed E-state index contributed by atoms with van der Waals surface area (Å²) in [5.41, 5.74) is 0.667. The van der Waals surface area contributed by atoms with Crippen molar-refractivity contribution in [2.75, 3.05) is 6.54 Å². The number of alkyl carbamates (subject to hydrolysis) is 1. The molecule has 1 saturated carbocycles. The predicted octanol–water partition coefficient (Wildman–Crippen LogP) is 3.76. The van der Waals surface area contributed by atoms with E-state index in [0.717, 1.165) is 42.6 Å². The Labute approximate surface area is 190 Å². The summed E-state index contributed by atoms with van der Waals surface area (Å²) in [4.78, 5) is 39.2. The number of benzene rings is 1. The summed E-state index contributed by atoms with van der Waals surface area (Å²) in [6.07, 6.45) is 11.7. The van der Waals surface area contributed by atoms with E-state index in [0.29, 0.717) is 5.56 Å². The summed E-state index contributed by atoms with van der Waals surface area (Å²) in [5, 5.41) is 5.46. The van der Waals surface area contributed by atoms with Gasteiger partial charge in [0.25, 0.3) is 5.91 Å². The maximum Gasteiger partial charge on any atom is 0.408 e. The van der Waals surface area contributed by atoms with E-state index in [1.165, 1.54) is 0 Å². The first kappa shape index (κ1) is 25.0. The Morgan fingerprint density at radius 3 is 2.56 bits per heavy atom. The van der Waals surface area contributed by atoms with Gasteiger partial charge in [-0.2, -0.15) is 0 Å². The van der Waals surface area contributed by atoms with Crippen LogP contribution < -0.4 is 10.6 Å². The number of nitrogens with one attached hydrogen (secondary N) is 2. The van der Waals surface area contributed by atoms with E-state index in [1.807, 2.05) is 6.07 Å². The maximum atomic E-state index is 13.3. The normalized spacial score (nSPS) is 15.1. The molecule has 1 unspecified atom stereocenters. The molecule has 3 amide bonds. The largest absolute Gasteiger partial charge is 0.444 e. The molecule has 0 spiro atoms. The first-order valence-electron chi connectivity index (χ1n) is 10.9. The van der Waals surface area contributed by atoms with Crippen molar-refractivity contribution in [3.8, 4) is 12.5 Å². The van der Waals surface area contributed by atoms with Gasteiger partial charge in [-0.1, -0.05) is 56.5 Å². The van der Waals surface area contributed by atoms with Crippen LogP contribution in [0.4, 0.5) is 4.79 Å². The second-order valence-corrected chi connectivity index (χ2v) is 8.87. The van der Waals surface area contributed by atoms with Crippen LogP contribution in [0, 0.1) is 12.5 Å². The van der Waals surface area contributed by atoms with Gasteiger partial charge < -0.3 is 15.4 Å². The second-order valence-electron chi connectivity index (χ2n) is 8.87. The Kier molecular flexibility index (Phi) is 8.89. The van der Waals surface area contributed by atoms with Crippen LogP contribution in [-0.4, -0.2) is 41.0 Å². The molecule has 7 nitrogen and oxygen atoms in total. The summed E-state index contributed by atoms with van der Waals surface area (Å²) in [6, 6.07) is 8.50. The van der Waals surface area contributed by atoms with Crippen molar-refractivity contribution in [3.63, 3.8) is 0 Å². The van der Waals surface area contributed by atoms with Crippen molar-refractivity contribution in [3.05, 3.63) is 42.0 Å². The van der Waals surface area contributed by atoms with Crippen molar-refractivity contribution in [1.29, 1.82) is 0 Å². The summed E-state index contributed by atoms with van der Waals surface area (Å²) in [6.45, 7) is 8.54. The molecule has 0 saturated heterocycles. The topological polar surface area (TPSA) is 87.7 Å². The average molecular weight is 440 g/mol. The first-order valence-corrected chi connectivity index (χ1v) is 10.9. The standard InChI is InChI=1S/C25H33N3O4/c1-6-18-12-11-13-19(16-18)22(23(30)27-20-14-9-8-10-15-20)28(7-2)21(29)17-26-24(31)32-25(3,4)5/h2,6,11-13,16,20,22H,1,8-10,14-15,17H2,3-5H3,(H,26,31)(H,27,30). The van der Waals surface area contributed by atoms with Gasteiger partial charge in [0.1, 0.15) is 18.2 Å². The minimum atomic E-state index is -1.03. The fraction of sp³-hybridized carbons (Fsp3) is 0.480. The van der Waals surface area contributed by atoms with E-state index in [4.69, 9.17) is 11.2 Å². The lowest BCUT2D eigenvalue weighted by molar-refractivity contribution is -0.137. The number of hydrogen-bond acceptors (Lipinski definition) is 4. The van der Waals surface area contributed by atoms with E-state index in [-0.39, 0.29) is 11.9 Å². The molecular formula is C25H33N3O4. The van der Waals surface area contributed by atoms with Crippen molar-refractivity contribution < 1.29 is 19.1 Å². The molecule has 7 heteroatoms. The smallest absolute Gasteiger partial charge is 0.408 e. The highest BCUT2D eigenvalue weighted by Gasteiger charge is 2.32. The molecule has 0 aliphatic heterocycles. The zero-order valence-electron chi connectivity index (χ0n) is 19.1. The van der Waals surface area contributed by atoms with Crippen LogP contribution in [0.2, 0.25) is 0 Å². The number of carbonyl (C=O) groups is 3. The molecule has 1 aliphatic carbocycles. The predicted molar refractivity (Wildman–Crippen MR) is 124 cm³/mol. The number of carbonyl (C=O) groups excluding carboxylic acids is 3. The maximum absolute atomic E-state index is 13.3. The van der Waals surface area contributed by atoms with Gasteiger partial charge in [0.15, 0.2) is 0 Å². The number of ether oxygens (including phenoxy) is 1. The fourth-order valence-corrected chi connectivity index (χ4v) is 3.64. The van der Waals surface area contributed by atoms with Gasteiger partial charge >= 0.3 is 6.09 Å². The molecular weight excluding hydrogens is 406 g/mol. The molecule has 0 radical (unpaired) electrons. The zero-order chi connectivity index (χ0) is 23.7. The molecule has 1 aromatic rings. The Morgan fingerprint density at radius 1 is 1.28 bits per heavy atom. The van der Waals surface area contributed by atoms with Crippen LogP contribution in [0.3, 0.4) is 0 Å². The van der Waals surface area contributed by atoms with E-state index in [1.54, 1.807) is 45.0 Å². The Bertz CT molecular complexity index is 876. The third-order valence-electron chi connectivity index (χ3n) is 5.11. The van der Waals surface area contributed by atoms with Gasteiger partial charge in [0, 0.05) is 12.1 Å². The van der Waals surface area contributed by atoms with Gasteiger partial charge in [-0.25, -0.2) is 4.79 Å². The molecule has 172 valence electrons. The van der Waals surface area contributed by atoms with Crippen molar-refractivity contribution in [2.24, 2.45) is 0 Å². The van der Waals surface area contributed by atoms with Gasteiger partial charge in [-0.3, -0.25) is 14.5 Å². The minimum Gasteiger partial charge on any atom is -0.444 e. The van der Waals surface area contributed by atoms with Crippen LogP contribution in [-0.2, 0) is 14.3 Å². The van der Waals surface area contributed by atoms with Crippen LogP contribution >= 0.6 is 0 Å². The summed E-state index contributed by atoms with van der Waals surface area (Å²) < 4.78 is 5.16. The molecule has 2 rings (SSSR count). The van der Waals surface area contributed by atoms with Crippen LogP contribution in [0.1, 0.15) is 70.0 Å². The Balaban J connectivity index is 2.23. The van der Waals surface area contributed by atoms with Crippen molar-refractivity contribution >= 4 is 24.0 Å². The quantitative estimate of drug-likeness (QED) is 0.500. The highest BCUT2D eigenvalue weighted by Crippen LogP contribution is 2.24. The molecule has 1 aliphatic rings. The number of hydrogen-bond donors (Lipinski definition) is 2. The molecule has 32 heavy (non-hydrogen) atoms. The summed E-state index contributed by atoms with van der Waals surface area (Å²) in [7, 11) is 0. The highest BCUT2D eigenvalue weighted by atomic mass is 16.6. The number of amides is 3. The van der Waals surface area contributed by atoms with Gasteiger partial charge in [-0.15, -0.1) is 0 Å². The lowest BCUT2D eigenvalue weighted by atomic mass is 9.94. The number of nitrogens with zero attached hydrogens (tertiary/aromatic N) is 1. The molecule has 0 aromatic heterocycles. The van der Waals surface area contributed by atoms with Gasteiger partial charge in [0.2, 0.25) is 5.91 Å². The van der Waals surface area contributed by atoms with Crippen molar-refractivity contribution in [2.45, 2.75) is 70.6 Å². The Morgan fingerprint density at radius 2 is 1.97 bits per heavy atom. The summed E-state index contributed by atoms with van der Waals surface area (Å²) in [5.74, 6) is -0.937. The average Bonchev–Trinajstić information content (AvgIpc) is 2.75. The highest BCUT2D eigenvalue weighted by molar-refractivity contribution is 5.91. The van der Waals surface area contributed by atoms with Crippen molar-refractivity contribution in [1.82, 2.24) is 15.5 Å². The van der Waals surface area contributed by atoms with Crippen LogP contribution in [0.5, 0.6) is 0 Å². The van der Waals surface area contributed by atoms with E-state index < -0.39 is 30.2 Å². The van der Waals surface area contributed by atoms with E-state index in [2.05, 4.69) is 23.3 Å². The van der Waals surface area contributed by atoms with Gasteiger partial charge in [-0.05, 0) is 50.8 Å². The zero-order valence-corrected chi connectivity index (χ0v) is 19.1. The fourth-order valence-electron chi connectivity index (χ4n) is 3.64. The lowest BCUT2D eigenvalue weighted by Gasteiger charge is -2.30. The van der Waals surface area contributed by atoms with Gasteiger partial charge in [0.05, 0.1) is 0 Å². The summed E-state index contributed by atoms with van der Waals surface area (Å²) >= 11 is 0. The number of rotatable bonds is 7. The molecule has 0 heterocycles. The second kappa shape index (κ2) is 11.4. The molecule has 1 fully saturated rings. The monoisotopic (exact) mass is 439 g/mol. The van der Waals surface area contributed by atoms with Crippen LogP contribution in [0.25, 0.3) is 6.08 Å². The SMILES string of the molecule is C#CN(C(=O)CNC(=O)OC(C)(C)C)C(C(=O)NC1CCCCC1)c1cccc(C=C)c1. The lowest BCUT2D eigenvalue weighted by Crippen LogP contribution is -2.48. The third kappa shape index (κ3) is 7.45. The van der Waals surface area contributed by atoms with Crippen LogP contribution in [0.15, 0.2) is 30.8 Å². The molecule has 1 atom stereocenters. The Hall–Kier alpha value is -3.27. The van der Waals surface area contributed by atoms with E-state index in [9.17, 15) is 14.4 Å². The molecule has 0 bridgehead atoms. The molecule has 2 N–H and O–H groups in total. The first-order chi connectivity index (χ1) is 15.1. The van der Waals surface area contributed by atoms with E-state index >= 15 is 0 Å².